The zero-order chi connectivity index (χ0) is 12.0. The summed E-state index contributed by atoms with van der Waals surface area (Å²) in [5.41, 5.74) is 5.82. The molecule has 1 fully saturated rings. The second-order valence-corrected chi connectivity index (χ2v) is 6.42. The Bertz CT molecular complexity index is 284. The van der Waals surface area contributed by atoms with Crippen LogP contribution in [0.15, 0.2) is 0 Å². The van der Waals surface area contributed by atoms with Crippen LogP contribution in [0.2, 0.25) is 0 Å². The van der Waals surface area contributed by atoms with Crippen molar-refractivity contribution < 1.29 is 8.42 Å². The summed E-state index contributed by atoms with van der Waals surface area (Å²) in [4.78, 5) is 0. The largest absolute Gasteiger partial charge is 0.328 e. The van der Waals surface area contributed by atoms with E-state index in [4.69, 9.17) is 5.73 Å². The molecular formula is C10H23N3O2S. The van der Waals surface area contributed by atoms with Gasteiger partial charge in [0, 0.05) is 18.6 Å². The molecule has 0 bridgehead atoms. The maximum Gasteiger partial charge on any atom is 0.208 e. The molecule has 5 nitrogen and oxygen atoms in total. The van der Waals surface area contributed by atoms with E-state index in [0.717, 1.165) is 38.6 Å². The van der Waals surface area contributed by atoms with Crippen molar-refractivity contribution in [2.45, 2.75) is 44.2 Å². The fraction of sp³-hybridized carbons (Fsp3) is 1.00. The molecule has 0 aromatic carbocycles. The highest BCUT2D eigenvalue weighted by molar-refractivity contribution is 7.88. The minimum atomic E-state index is -3.03. The average molecular weight is 249 g/mol. The fourth-order valence-electron chi connectivity index (χ4n) is 1.98. The molecule has 96 valence electrons. The third kappa shape index (κ3) is 6.42. The summed E-state index contributed by atoms with van der Waals surface area (Å²) in [6.07, 6.45) is 6.48. The molecule has 0 aliphatic heterocycles. The molecule has 4 N–H and O–H groups in total. The predicted octanol–water partition coefficient (Wildman–Crippen LogP) is -0.215. The predicted molar refractivity (Wildman–Crippen MR) is 65.7 cm³/mol. The SMILES string of the molecule is CS(=O)(=O)NCCCNC1CCC(N)CC1. The third-order valence-electron chi connectivity index (χ3n) is 2.92. The van der Waals surface area contributed by atoms with Crippen LogP contribution in [-0.2, 0) is 10.0 Å². The van der Waals surface area contributed by atoms with E-state index in [1.807, 2.05) is 0 Å². The molecule has 0 saturated heterocycles. The van der Waals surface area contributed by atoms with Crippen molar-refractivity contribution in [3.8, 4) is 0 Å². The Balaban J connectivity index is 1.99. The summed E-state index contributed by atoms with van der Waals surface area (Å²) in [7, 11) is -3.03. The van der Waals surface area contributed by atoms with E-state index in [1.165, 1.54) is 6.26 Å². The van der Waals surface area contributed by atoms with Gasteiger partial charge in [0.2, 0.25) is 10.0 Å². The highest BCUT2D eigenvalue weighted by atomic mass is 32.2. The second-order valence-electron chi connectivity index (χ2n) is 4.59. The summed E-state index contributed by atoms with van der Waals surface area (Å²) in [6.45, 7) is 1.38. The summed E-state index contributed by atoms with van der Waals surface area (Å²) in [6, 6.07) is 0.947. The minimum absolute atomic E-state index is 0.380. The molecular weight excluding hydrogens is 226 g/mol. The van der Waals surface area contributed by atoms with Crippen molar-refractivity contribution in [1.82, 2.24) is 10.0 Å². The van der Waals surface area contributed by atoms with Crippen LogP contribution in [0.25, 0.3) is 0 Å². The Morgan fingerprint density at radius 2 is 1.81 bits per heavy atom. The zero-order valence-corrected chi connectivity index (χ0v) is 10.7. The van der Waals surface area contributed by atoms with E-state index in [0.29, 0.717) is 18.6 Å². The molecule has 0 aromatic heterocycles. The zero-order valence-electron chi connectivity index (χ0n) is 9.91. The fourth-order valence-corrected chi connectivity index (χ4v) is 2.49. The van der Waals surface area contributed by atoms with Crippen LogP contribution < -0.4 is 15.8 Å². The summed E-state index contributed by atoms with van der Waals surface area (Å²) in [5.74, 6) is 0. The molecule has 0 amide bonds. The van der Waals surface area contributed by atoms with Crippen molar-refractivity contribution >= 4 is 10.0 Å². The third-order valence-corrected chi connectivity index (χ3v) is 3.65. The maximum atomic E-state index is 10.8. The maximum absolute atomic E-state index is 10.8. The van der Waals surface area contributed by atoms with Gasteiger partial charge in [-0.3, -0.25) is 0 Å². The lowest BCUT2D eigenvalue weighted by Gasteiger charge is -2.26. The van der Waals surface area contributed by atoms with Crippen LogP contribution >= 0.6 is 0 Å². The van der Waals surface area contributed by atoms with Crippen LogP contribution in [0.3, 0.4) is 0 Å². The Labute approximate surface area is 98.2 Å². The molecule has 0 unspecified atom stereocenters. The Hall–Kier alpha value is -0.170. The lowest BCUT2D eigenvalue weighted by Crippen LogP contribution is -2.38. The quantitative estimate of drug-likeness (QED) is 0.569. The number of hydrogen-bond acceptors (Lipinski definition) is 4. The highest BCUT2D eigenvalue weighted by Crippen LogP contribution is 2.16. The van der Waals surface area contributed by atoms with Crippen molar-refractivity contribution in [3.05, 3.63) is 0 Å². The van der Waals surface area contributed by atoms with E-state index in [2.05, 4.69) is 10.0 Å². The first-order valence-electron chi connectivity index (χ1n) is 5.91. The van der Waals surface area contributed by atoms with Crippen molar-refractivity contribution in [3.63, 3.8) is 0 Å². The normalized spacial score (nSPS) is 26.9. The van der Waals surface area contributed by atoms with Gasteiger partial charge in [0.25, 0.3) is 0 Å². The van der Waals surface area contributed by atoms with Gasteiger partial charge in [0.15, 0.2) is 0 Å². The van der Waals surface area contributed by atoms with Crippen LogP contribution in [0.5, 0.6) is 0 Å². The summed E-state index contributed by atoms with van der Waals surface area (Å²) >= 11 is 0. The number of nitrogens with two attached hydrogens (primary N) is 1. The molecule has 0 heterocycles. The lowest BCUT2D eigenvalue weighted by molar-refractivity contribution is 0.342. The van der Waals surface area contributed by atoms with Gasteiger partial charge < -0.3 is 11.1 Å². The lowest BCUT2D eigenvalue weighted by atomic mass is 9.92. The standard InChI is InChI=1S/C10H23N3O2S/c1-16(14,15)13-8-2-7-12-10-5-3-9(11)4-6-10/h9-10,12-13H,2-8,11H2,1H3. The van der Waals surface area contributed by atoms with Gasteiger partial charge in [0.05, 0.1) is 6.26 Å². The smallest absolute Gasteiger partial charge is 0.208 e. The molecule has 1 aliphatic rings. The van der Waals surface area contributed by atoms with Gasteiger partial charge in [-0.05, 0) is 38.6 Å². The van der Waals surface area contributed by atoms with Gasteiger partial charge in [-0.25, -0.2) is 13.1 Å². The van der Waals surface area contributed by atoms with Crippen LogP contribution in [0.1, 0.15) is 32.1 Å². The van der Waals surface area contributed by atoms with E-state index < -0.39 is 10.0 Å². The molecule has 0 aromatic rings. The molecule has 16 heavy (non-hydrogen) atoms. The van der Waals surface area contributed by atoms with Gasteiger partial charge >= 0.3 is 0 Å². The first kappa shape index (κ1) is 13.9. The van der Waals surface area contributed by atoms with E-state index >= 15 is 0 Å². The second kappa shape index (κ2) is 6.54. The van der Waals surface area contributed by atoms with Crippen molar-refractivity contribution in [2.24, 2.45) is 5.73 Å². The number of hydrogen-bond donors (Lipinski definition) is 3. The summed E-state index contributed by atoms with van der Waals surface area (Å²) in [5, 5.41) is 3.44. The molecule has 1 saturated carbocycles. The molecule has 0 radical (unpaired) electrons. The molecule has 1 aliphatic carbocycles. The topological polar surface area (TPSA) is 84.2 Å². The Kier molecular flexibility index (Phi) is 5.68. The highest BCUT2D eigenvalue weighted by Gasteiger charge is 2.17. The first-order chi connectivity index (χ1) is 7.47. The number of nitrogens with one attached hydrogen (secondary N) is 2. The van der Waals surface area contributed by atoms with E-state index in [1.54, 1.807) is 0 Å². The van der Waals surface area contributed by atoms with Gasteiger partial charge in [0.1, 0.15) is 0 Å². The molecule has 6 heteroatoms. The van der Waals surface area contributed by atoms with Crippen molar-refractivity contribution in [1.29, 1.82) is 0 Å². The molecule has 0 atom stereocenters. The molecule has 1 rings (SSSR count). The van der Waals surface area contributed by atoms with Crippen LogP contribution in [0.4, 0.5) is 0 Å². The first-order valence-corrected chi connectivity index (χ1v) is 7.80. The van der Waals surface area contributed by atoms with Crippen LogP contribution in [-0.4, -0.2) is 39.8 Å². The van der Waals surface area contributed by atoms with Gasteiger partial charge in [-0.2, -0.15) is 0 Å². The van der Waals surface area contributed by atoms with Gasteiger partial charge in [-0.15, -0.1) is 0 Å². The van der Waals surface area contributed by atoms with Crippen LogP contribution in [0, 0.1) is 0 Å². The van der Waals surface area contributed by atoms with E-state index in [9.17, 15) is 8.42 Å². The average Bonchev–Trinajstić information content (AvgIpc) is 2.19. The Morgan fingerprint density at radius 1 is 1.19 bits per heavy atom. The Morgan fingerprint density at radius 3 is 2.38 bits per heavy atom. The van der Waals surface area contributed by atoms with Gasteiger partial charge in [-0.1, -0.05) is 0 Å². The monoisotopic (exact) mass is 249 g/mol. The number of rotatable bonds is 6. The number of sulfonamides is 1. The van der Waals surface area contributed by atoms with Crippen molar-refractivity contribution in [2.75, 3.05) is 19.3 Å². The van der Waals surface area contributed by atoms with E-state index in [-0.39, 0.29) is 0 Å². The molecule has 0 spiro atoms. The summed E-state index contributed by atoms with van der Waals surface area (Å²) < 4.78 is 24.1. The minimum Gasteiger partial charge on any atom is -0.328 e.